The first-order valence-corrected chi connectivity index (χ1v) is 6.84. The molecule has 0 aliphatic heterocycles. The van der Waals surface area contributed by atoms with Crippen molar-refractivity contribution in [2.75, 3.05) is 12.8 Å². The van der Waals surface area contributed by atoms with E-state index < -0.39 is 11.2 Å². The Morgan fingerprint density at radius 2 is 2.05 bits per heavy atom. The average molecular weight is 294 g/mol. The molecule has 1 amide bonds. The van der Waals surface area contributed by atoms with Crippen molar-refractivity contribution in [3.63, 3.8) is 0 Å². The molecule has 106 valence electrons. The van der Waals surface area contributed by atoms with Crippen LogP contribution in [-0.4, -0.2) is 32.8 Å². The largest absolute Gasteiger partial charge is 0.358 e. The summed E-state index contributed by atoms with van der Waals surface area (Å²) in [4.78, 5) is 40.1. The molecule has 0 fully saturated rings. The Balaban J connectivity index is 2.66. The first-order chi connectivity index (χ1) is 9.47. The number of hydrogen-bond donors (Lipinski definition) is 1. The molecule has 20 heavy (non-hydrogen) atoms. The van der Waals surface area contributed by atoms with Gasteiger partial charge in [0.25, 0.3) is 5.56 Å². The van der Waals surface area contributed by atoms with E-state index in [-0.39, 0.29) is 11.7 Å². The molecule has 0 unspecified atom stereocenters. The number of nitrogens with zero attached hydrogens (tertiary/aromatic N) is 3. The van der Waals surface area contributed by atoms with Crippen molar-refractivity contribution in [3.8, 4) is 0 Å². The number of thioether (sulfide) groups is 1. The van der Waals surface area contributed by atoms with Gasteiger partial charge in [-0.2, -0.15) is 0 Å². The predicted octanol–water partition coefficient (Wildman–Crippen LogP) is -0.530. The lowest BCUT2D eigenvalue weighted by atomic mass is 10.3. The molecule has 2 aromatic rings. The van der Waals surface area contributed by atoms with Crippen molar-refractivity contribution in [3.05, 3.63) is 33.1 Å². The smallest absolute Gasteiger partial charge is 0.332 e. The molecular weight excluding hydrogens is 280 g/mol. The summed E-state index contributed by atoms with van der Waals surface area (Å²) in [6.45, 7) is 0. The zero-order valence-electron chi connectivity index (χ0n) is 11.3. The normalized spacial score (nSPS) is 10.8. The molecule has 0 saturated carbocycles. The molecule has 7 nitrogen and oxygen atoms in total. The standard InChI is InChI=1S/C12H14N4O3S/c1-13-8(17)6-20-7-4-5-14-10-9(7)11(18)16(3)12(19)15(10)2/h4-5H,6H2,1-3H3,(H,13,17). The van der Waals surface area contributed by atoms with Crippen molar-refractivity contribution in [1.29, 1.82) is 0 Å². The van der Waals surface area contributed by atoms with Crippen LogP contribution in [0.3, 0.4) is 0 Å². The van der Waals surface area contributed by atoms with Crippen LogP contribution in [0.2, 0.25) is 0 Å². The monoisotopic (exact) mass is 294 g/mol. The second-order valence-electron chi connectivity index (χ2n) is 4.18. The molecule has 0 saturated heterocycles. The van der Waals surface area contributed by atoms with E-state index in [0.29, 0.717) is 15.9 Å². The third-order valence-corrected chi connectivity index (χ3v) is 4.00. The Kier molecular flexibility index (Phi) is 3.93. The predicted molar refractivity (Wildman–Crippen MR) is 77.0 cm³/mol. The lowest BCUT2D eigenvalue weighted by Gasteiger charge is -2.09. The topological polar surface area (TPSA) is 86.0 Å². The van der Waals surface area contributed by atoms with E-state index in [1.807, 2.05) is 0 Å². The summed E-state index contributed by atoms with van der Waals surface area (Å²) in [5.41, 5.74) is -0.515. The van der Waals surface area contributed by atoms with E-state index >= 15 is 0 Å². The van der Waals surface area contributed by atoms with Gasteiger partial charge in [0.15, 0.2) is 0 Å². The summed E-state index contributed by atoms with van der Waals surface area (Å²) < 4.78 is 2.36. The maximum Gasteiger partial charge on any atom is 0.332 e. The second kappa shape index (κ2) is 5.49. The number of amides is 1. The van der Waals surface area contributed by atoms with Gasteiger partial charge in [-0.15, -0.1) is 11.8 Å². The minimum Gasteiger partial charge on any atom is -0.358 e. The van der Waals surface area contributed by atoms with Crippen molar-refractivity contribution < 1.29 is 4.79 Å². The van der Waals surface area contributed by atoms with Gasteiger partial charge in [0.2, 0.25) is 5.91 Å². The summed E-state index contributed by atoms with van der Waals surface area (Å²) >= 11 is 1.24. The van der Waals surface area contributed by atoms with E-state index in [0.717, 1.165) is 4.57 Å². The number of carbonyl (C=O) groups excluding carboxylic acids is 1. The number of carbonyl (C=O) groups is 1. The zero-order chi connectivity index (χ0) is 14.9. The molecule has 1 N–H and O–H groups in total. The van der Waals surface area contributed by atoms with Gasteiger partial charge in [-0.1, -0.05) is 0 Å². The van der Waals surface area contributed by atoms with Crippen LogP contribution in [0.4, 0.5) is 0 Å². The van der Waals surface area contributed by atoms with Crippen LogP contribution in [0.1, 0.15) is 0 Å². The Hall–Kier alpha value is -2.09. The summed E-state index contributed by atoms with van der Waals surface area (Å²) in [7, 11) is 4.53. The van der Waals surface area contributed by atoms with Crippen molar-refractivity contribution in [2.24, 2.45) is 14.1 Å². The number of aryl methyl sites for hydroxylation is 1. The van der Waals surface area contributed by atoms with Crippen molar-refractivity contribution >= 4 is 28.7 Å². The van der Waals surface area contributed by atoms with Crippen LogP contribution >= 0.6 is 11.8 Å². The van der Waals surface area contributed by atoms with Gasteiger partial charge in [-0.25, -0.2) is 9.78 Å². The Bertz CT molecular complexity index is 794. The van der Waals surface area contributed by atoms with Crippen LogP contribution in [0.5, 0.6) is 0 Å². The molecular formula is C12H14N4O3S. The molecule has 0 bridgehead atoms. The molecule has 0 atom stereocenters. The number of nitrogens with one attached hydrogen (secondary N) is 1. The third kappa shape index (κ3) is 2.34. The quantitative estimate of drug-likeness (QED) is 0.769. The average Bonchev–Trinajstić information content (AvgIpc) is 2.47. The van der Waals surface area contributed by atoms with Crippen molar-refractivity contribution in [1.82, 2.24) is 19.4 Å². The number of pyridine rings is 1. The molecule has 0 radical (unpaired) electrons. The van der Waals surface area contributed by atoms with E-state index in [2.05, 4.69) is 10.3 Å². The van der Waals surface area contributed by atoms with Gasteiger partial charge in [0.1, 0.15) is 5.65 Å². The van der Waals surface area contributed by atoms with Gasteiger partial charge >= 0.3 is 5.69 Å². The van der Waals surface area contributed by atoms with E-state index in [9.17, 15) is 14.4 Å². The van der Waals surface area contributed by atoms with Crippen LogP contribution in [-0.2, 0) is 18.9 Å². The van der Waals surface area contributed by atoms with Crippen LogP contribution in [0.25, 0.3) is 11.0 Å². The zero-order valence-corrected chi connectivity index (χ0v) is 12.2. The fourth-order valence-electron chi connectivity index (χ4n) is 1.79. The Morgan fingerprint density at radius 3 is 2.70 bits per heavy atom. The molecule has 2 rings (SSSR count). The SMILES string of the molecule is CNC(=O)CSc1ccnc2c1c(=O)n(C)c(=O)n2C. The van der Waals surface area contributed by atoms with E-state index in [4.69, 9.17) is 0 Å². The highest BCUT2D eigenvalue weighted by Crippen LogP contribution is 2.22. The first kappa shape index (κ1) is 14.3. The molecule has 8 heteroatoms. The van der Waals surface area contributed by atoms with Gasteiger partial charge < -0.3 is 5.32 Å². The minimum absolute atomic E-state index is 0.137. The highest BCUT2D eigenvalue weighted by atomic mass is 32.2. The Labute approximate surface area is 118 Å². The molecule has 0 spiro atoms. The van der Waals surface area contributed by atoms with Crippen molar-refractivity contribution in [2.45, 2.75) is 4.90 Å². The van der Waals surface area contributed by atoms with Gasteiger partial charge in [-0.05, 0) is 6.07 Å². The molecule has 2 aromatic heterocycles. The first-order valence-electron chi connectivity index (χ1n) is 5.85. The molecule has 2 heterocycles. The fourth-order valence-corrected chi connectivity index (χ4v) is 2.71. The van der Waals surface area contributed by atoms with Crippen LogP contribution in [0, 0.1) is 0 Å². The van der Waals surface area contributed by atoms with Gasteiger partial charge in [0.05, 0.1) is 11.1 Å². The molecule has 0 aliphatic rings. The van der Waals surface area contributed by atoms with Crippen LogP contribution in [0.15, 0.2) is 26.7 Å². The third-order valence-electron chi connectivity index (χ3n) is 2.94. The number of rotatable bonds is 3. The Morgan fingerprint density at radius 1 is 1.35 bits per heavy atom. The van der Waals surface area contributed by atoms with Gasteiger partial charge in [-0.3, -0.25) is 18.7 Å². The fraction of sp³-hybridized carbons (Fsp3) is 0.333. The van der Waals surface area contributed by atoms with Gasteiger partial charge in [0, 0.05) is 32.2 Å². The minimum atomic E-state index is -0.427. The lowest BCUT2D eigenvalue weighted by molar-refractivity contribution is -0.118. The maximum absolute atomic E-state index is 12.2. The molecule has 0 aromatic carbocycles. The summed E-state index contributed by atoms with van der Waals surface area (Å²) in [5, 5.41) is 2.87. The highest BCUT2D eigenvalue weighted by Gasteiger charge is 2.14. The lowest BCUT2D eigenvalue weighted by Crippen LogP contribution is -2.37. The number of hydrogen-bond acceptors (Lipinski definition) is 5. The van der Waals surface area contributed by atoms with E-state index in [1.165, 1.54) is 29.6 Å². The summed E-state index contributed by atoms with van der Waals surface area (Å²) in [6, 6.07) is 1.67. The van der Waals surface area contributed by atoms with E-state index in [1.54, 1.807) is 20.2 Å². The number of aromatic nitrogens is 3. The second-order valence-corrected chi connectivity index (χ2v) is 5.19. The molecule has 0 aliphatic carbocycles. The summed E-state index contributed by atoms with van der Waals surface area (Å²) in [6.07, 6.45) is 1.52. The highest BCUT2D eigenvalue weighted by molar-refractivity contribution is 8.00. The number of fused-ring (bicyclic) bond motifs is 1. The maximum atomic E-state index is 12.2. The van der Waals surface area contributed by atoms with Crippen LogP contribution < -0.4 is 16.6 Å². The summed E-state index contributed by atoms with van der Waals surface area (Å²) in [5.74, 6) is 0.0586.